The number of nitrogens with one attached hydrogen (secondary N) is 3. The first-order chi connectivity index (χ1) is 9.67. The quantitative estimate of drug-likeness (QED) is 0.692. The highest BCUT2D eigenvalue weighted by Crippen LogP contribution is 2.27. The van der Waals surface area contributed by atoms with E-state index in [0.717, 1.165) is 0 Å². The highest BCUT2D eigenvalue weighted by molar-refractivity contribution is 6.30. The van der Waals surface area contributed by atoms with Gasteiger partial charge in [0.2, 0.25) is 5.95 Å². The Morgan fingerprint density at radius 1 is 1.30 bits per heavy atom. The third-order valence-corrected chi connectivity index (χ3v) is 2.95. The van der Waals surface area contributed by atoms with Gasteiger partial charge in [0.15, 0.2) is 5.65 Å². The van der Waals surface area contributed by atoms with Crippen LogP contribution in [0, 0.1) is 5.82 Å². The molecule has 2 heterocycles. The van der Waals surface area contributed by atoms with Crippen molar-refractivity contribution in [1.29, 1.82) is 0 Å². The van der Waals surface area contributed by atoms with Crippen LogP contribution in [0.15, 0.2) is 24.4 Å². The van der Waals surface area contributed by atoms with Crippen molar-refractivity contribution in [3.63, 3.8) is 0 Å². The Morgan fingerprint density at radius 2 is 2.15 bits per heavy atom. The molecule has 0 aliphatic rings. The van der Waals surface area contributed by atoms with Crippen molar-refractivity contribution in [3.8, 4) is 0 Å². The van der Waals surface area contributed by atoms with Crippen LogP contribution in [0.3, 0.4) is 0 Å². The molecule has 0 aliphatic carbocycles. The molecule has 3 aromatic rings. The molecule has 0 aliphatic heterocycles. The topological polar surface area (TPSA) is 78.5 Å². The maximum absolute atomic E-state index is 13.8. The number of aromatic amines is 1. The molecule has 0 amide bonds. The Labute approximate surface area is 118 Å². The molecule has 20 heavy (non-hydrogen) atoms. The minimum atomic E-state index is -0.421. The first kappa shape index (κ1) is 12.6. The zero-order chi connectivity index (χ0) is 14.1. The van der Waals surface area contributed by atoms with Gasteiger partial charge >= 0.3 is 0 Å². The van der Waals surface area contributed by atoms with E-state index in [2.05, 4.69) is 30.8 Å². The number of hydrogen-bond donors (Lipinski definition) is 3. The standard InChI is InChI=1S/C12H10ClFN6/c1-15-12-18-10(7-5-16-20-11(7)19-12)17-9-4-6(13)2-3-8(9)14/h2-5H,1H3,(H3,15,16,17,18,19,20). The number of rotatable bonds is 3. The van der Waals surface area contributed by atoms with Crippen molar-refractivity contribution in [2.24, 2.45) is 0 Å². The summed E-state index contributed by atoms with van der Waals surface area (Å²) in [6, 6.07) is 4.26. The average molecular weight is 293 g/mol. The monoisotopic (exact) mass is 292 g/mol. The van der Waals surface area contributed by atoms with Gasteiger partial charge in [0.05, 0.1) is 17.3 Å². The molecule has 1 aromatic carbocycles. The van der Waals surface area contributed by atoms with Crippen LogP contribution in [0.2, 0.25) is 5.02 Å². The van der Waals surface area contributed by atoms with Gasteiger partial charge in [0.1, 0.15) is 11.6 Å². The first-order valence-electron chi connectivity index (χ1n) is 5.78. The lowest BCUT2D eigenvalue weighted by atomic mass is 10.3. The molecule has 8 heteroatoms. The average Bonchev–Trinajstić information content (AvgIpc) is 2.91. The summed E-state index contributed by atoms with van der Waals surface area (Å²) in [6.45, 7) is 0. The summed E-state index contributed by atoms with van der Waals surface area (Å²) in [6.07, 6.45) is 1.57. The Hall–Kier alpha value is -2.41. The highest BCUT2D eigenvalue weighted by Gasteiger charge is 2.11. The van der Waals surface area contributed by atoms with Crippen LogP contribution >= 0.6 is 11.6 Å². The number of fused-ring (bicyclic) bond motifs is 1. The van der Waals surface area contributed by atoms with E-state index in [4.69, 9.17) is 11.6 Å². The van der Waals surface area contributed by atoms with Crippen molar-refractivity contribution in [3.05, 3.63) is 35.2 Å². The number of aromatic nitrogens is 4. The molecule has 0 unspecified atom stereocenters. The first-order valence-corrected chi connectivity index (χ1v) is 6.16. The lowest BCUT2D eigenvalue weighted by Crippen LogP contribution is -2.02. The molecule has 0 fully saturated rings. The van der Waals surface area contributed by atoms with E-state index < -0.39 is 5.82 Å². The number of anilines is 3. The van der Waals surface area contributed by atoms with Crippen LogP contribution in [0.1, 0.15) is 0 Å². The third kappa shape index (κ3) is 2.23. The van der Waals surface area contributed by atoms with Crippen molar-refractivity contribution in [2.75, 3.05) is 17.7 Å². The van der Waals surface area contributed by atoms with Crippen LogP contribution in [0.25, 0.3) is 11.0 Å². The summed E-state index contributed by atoms with van der Waals surface area (Å²) in [5.74, 6) is 0.414. The normalized spacial score (nSPS) is 10.8. The fourth-order valence-electron chi connectivity index (χ4n) is 1.76. The molecule has 0 saturated carbocycles. The van der Waals surface area contributed by atoms with Crippen molar-refractivity contribution >= 4 is 40.1 Å². The van der Waals surface area contributed by atoms with Gasteiger partial charge in [-0.25, -0.2) is 4.39 Å². The largest absolute Gasteiger partial charge is 0.357 e. The van der Waals surface area contributed by atoms with Crippen LogP contribution in [-0.2, 0) is 0 Å². The van der Waals surface area contributed by atoms with Gasteiger partial charge in [-0.15, -0.1) is 0 Å². The number of halogens is 2. The smallest absolute Gasteiger partial charge is 0.226 e. The van der Waals surface area contributed by atoms with Gasteiger partial charge in [-0.05, 0) is 18.2 Å². The number of benzene rings is 1. The molecular formula is C12H10ClFN6. The molecule has 0 spiro atoms. The van der Waals surface area contributed by atoms with Gasteiger partial charge in [-0.1, -0.05) is 11.6 Å². The molecule has 102 valence electrons. The molecule has 6 nitrogen and oxygen atoms in total. The van der Waals surface area contributed by atoms with Crippen LogP contribution in [-0.4, -0.2) is 27.2 Å². The maximum atomic E-state index is 13.8. The van der Waals surface area contributed by atoms with Gasteiger partial charge in [-0.2, -0.15) is 15.1 Å². The predicted molar refractivity (Wildman–Crippen MR) is 75.9 cm³/mol. The Kier molecular flexibility index (Phi) is 3.11. The van der Waals surface area contributed by atoms with E-state index >= 15 is 0 Å². The SMILES string of the molecule is CNc1nc(Nc2cc(Cl)ccc2F)c2cn[nH]c2n1. The van der Waals surface area contributed by atoms with Crippen LogP contribution < -0.4 is 10.6 Å². The second kappa shape index (κ2) is 4.93. The lowest BCUT2D eigenvalue weighted by Gasteiger charge is -2.09. The summed E-state index contributed by atoms with van der Waals surface area (Å²) < 4.78 is 13.8. The molecule has 0 atom stereocenters. The summed E-state index contributed by atoms with van der Waals surface area (Å²) in [4.78, 5) is 8.45. The van der Waals surface area contributed by atoms with E-state index in [1.807, 2.05) is 0 Å². The number of H-pyrrole nitrogens is 1. The van der Waals surface area contributed by atoms with Gasteiger partial charge < -0.3 is 10.6 Å². The second-order valence-electron chi connectivity index (χ2n) is 4.03. The number of hydrogen-bond acceptors (Lipinski definition) is 5. The summed E-state index contributed by atoms with van der Waals surface area (Å²) >= 11 is 5.87. The van der Waals surface area contributed by atoms with Crippen molar-refractivity contribution < 1.29 is 4.39 Å². The summed E-state index contributed by atoms with van der Waals surface area (Å²) in [5, 5.41) is 13.5. The fourth-order valence-corrected chi connectivity index (χ4v) is 1.93. The predicted octanol–water partition coefficient (Wildman–Crippen LogP) is 2.93. The van der Waals surface area contributed by atoms with E-state index in [-0.39, 0.29) is 5.69 Å². The highest BCUT2D eigenvalue weighted by atomic mass is 35.5. The van der Waals surface area contributed by atoms with Crippen LogP contribution in [0.5, 0.6) is 0 Å². The molecule has 0 bridgehead atoms. The molecule has 3 rings (SSSR count). The lowest BCUT2D eigenvalue weighted by molar-refractivity contribution is 0.632. The minimum Gasteiger partial charge on any atom is -0.357 e. The Balaban J connectivity index is 2.09. The molecule has 0 saturated heterocycles. The van der Waals surface area contributed by atoms with Crippen LogP contribution in [0.4, 0.5) is 21.8 Å². The van der Waals surface area contributed by atoms with Gasteiger partial charge in [0.25, 0.3) is 0 Å². The van der Waals surface area contributed by atoms with Crippen molar-refractivity contribution in [1.82, 2.24) is 20.2 Å². The maximum Gasteiger partial charge on any atom is 0.226 e. The number of nitrogens with zero attached hydrogens (tertiary/aromatic N) is 3. The fraction of sp³-hybridized carbons (Fsp3) is 0.0833. The van der Waals surface area contributed by atoms with E-state index in [9.17, 15) is 4.39 Å². The molecular weight excluding hydrogens is 283 g/mol. The minimum absolute atomic E-state index is 0.237. The summed E-state index contributed by atoms with van der Waals surface area (Å²) in [5.41, 5.74) is 0.787. The van der Waals surface area contributed by atoms with Gasteiger partial charge in [-0.3, -0.25) is 5.10 Å². The van der Waals surface area contributed by atoms with Gasteiger partial charge in [0, 0.05) is 12.1 Å². The Bertz CT molecular complexity index is 772. The summed E-state index contributed by atoms with van der Waals surface area (Å²) in [7, 11) is 1.70. The molecule has 3 N–H and O–H groups in total. The molecule has 2 aromatic heterocycles. The second-order valence-corrected chi connectivity index (χ2v) is 4.46. The Morgan fingerprint density at radius 3 is 2.95 bits per heavy atom. The van der Waals surface area contributed by atoms with Crippen molar-refractivity contribution in [2.45, 2.75) is 0 Å². The van der Waals surface area contributed by atoms with E-state index in [0.29, 0.717) is 27.8 Å². The zero-order valence-electron chi connectivity index (χ0n) is 10.4. The molecule has 0 radical (unpaired) electrons. The zero-order valence-corrected chi connectivity index (χ0v) is 11.2. The van der Waals surface area contributed by atoms with E-state index in [1.165, 1.54) is 18.2 Å². The van der Waals surface area contributed by atoms with E-state index in [1.54, 1.807) is 13.2 Å². The third-order valence-electron chi connectivity index (χ3n) is 2.71.